The Morgan fingerprint density at radius 2 is 2.22 bits per heavy atom. The lowest BCUT2D eigenvalue weighted by molar-refractivity contribution is 0.0514. The number of carbonyl (C=O) groups excluding carboxylic acids is 1. The fourth-order valence-electron chi connectivity index (χ4n) is 2.93. The highest BCUT2D eigenvalue weighted by Gasteiger charge is 2.33. The zero-order valence-electron chi connectivity index (χ0n) is 12.7. The van der Waals surface area contributed by atoms with Crippen LogP contribution in [0, 0.1) is 5.92 Å². The lowest BCUT2D eigenvalue weighted by Crippen LogP contribution is -2.33. The summed E-state index contributed by atoms with van der Waals surface area (Å²) in [5, 5.41) is 1.21. The van der Waals surface area contributed by atoms with Crippen molar-refractivity contribution < 1.29 is 18.6 Å². The van der Waals surface area contributed by atoms with Crippen molar-refractivity contribution in [2.45, 2.75) is 19.9 Å². The summed E-state index contributed by atoms with van der Waals surface area (Å²) in [7, 11) is -2.34. The lowest BCUT2D eigenvalue weighted by atomic mass is 10.1. The Kier molecular flexibility index (Phi) is 4.55. The Morgan fingerprint density at radius 1 is 1.48 bits per heavy atom. The van der Waals surface area contributed by atoms with Crippen LogP contribution in [0.5, 0.6) is 0 Å². The number of pyridine rings is 1. The molecule has 1 aliphatic heterocycles. The molecule has 0 spiro atoms. The van der Waals surface area contributed by atoms with Gasteiger partial charge in [-0.25, -0.2) is 9.78 Å². The highest BCUT2D eigenvalue weighted by Crippen LogP contribution is 2.53. The molecule has 3 rings (SSSR count). The van der Waals surface area contributed by atoms with Crippen LogP contribution >= 0.6 is 22.2 Å². The number of ether oxygens (including phenoxy) is 1. The van der Waals surface area contributed by atoms with E-state index < -0.39 is 10.6 Å². The third-order valence-electron chi connectivity index (χ3n) is 4.01. The van der Waals surface area contributed by atoms with Gasteiger partial charge in [0.2, 0.25) is 0 Å². The third kappa shape index (κ3) is 3.47. The van der Waals surface area contributed by atoms with Crippen molar-refractivity contribution in [1.82, 2.24) is 9.55 Å². The molecule has 0 radical (unpaired) electrons. The smallest absolute Gasteiger partial charge is 0.354 e. The number of rotatable bonds is 5. The molecule has 0 atom stereocenters. The molecule has 1 fully saturated rings. The van der Waals surface area contributed by atoms with Gasteiger partial charge in [-0.1, -0.05) is 11.6 Å². The molecule has 2 aromatic rings. The number of fused-ring (bicyclic) bond motifs is 1. The molecule has 1 aliphatic rings. The molecular weight excluding hydrogens is 340 g/mol. The highest BCUT2D eigenvalue weighted by atomic mass is 35.5. The number of halogens is 1. The molecule has 126 valence electrons. The Hall–Kier alpha value is -1.28. The average molecular weight is 359 g/mol. The van der Waals surface area contributed by atoms with Crippen LogP contribution < -0.4 is 0 Å². The number of hydrogen-bond acceptors (Lipinski definition) is 5. The van der Waals surface area contributed by atoms with E-state index in [1.165, 1.54) is 0 Å². The summed E-state index contributed by atoms with van der Waals surface area (Å²) in [6.07, 6.45) is 2.42. The molecule has 2 aromatic heterocycles. The van der Waals surface area contributed by atoms with Crippen LogP contribution in [0.25, 0.3) is 10.9 Å². The summed E-state index contributed by atoms with van der Waals surface area (Å²) in [4.78, 5) is 16.3. The predicted molar refractivity (Wildman–Crippen MR) is 91.4 cm³/mol. The molecular formula is C15H19ClN2O4S. The van der Waals surface area contributed by atoms with E-state index in [4.69, 9.17) is 16.3 Å². The minimum absolute atomic E-state index is 0.271. The van der Waals surface area contributed by atoms with Crippen LogP contribution in [0.3, 0.4) is 0 Å². The van der Waals surface area contributed by atoms with Crippen molar-refractivity contribution in [2.75, 3.05) is 18.1 Å². The van der Waals surface area contributed by atoms with Crippen molar-refractivity contribution in [3.8, 4) is 0 Å². The average Bonchev–Trinajstić information content (AvgIpc) is 2.80. The normalized spacial score (nSPS) is 18.6. The van der Waals surface area contributed by atoms with Gasteiger partial charge in [-0.05, 0) is 31.4 Å². The molecule has 0 aliphatic carbocycles. The first-order valence-electron chi connectivity index (χ1n) is 7.45. The quantitative estimate of drug-likeness (QED) is 0.629. The molecule has 0 aromatic carbocycles. The van der Waals surface area contributed by atoms with Crippen molar-refractivity contribution in [3.05, 3.63) is 29.2 Å². The van der Waals surface area contributed by atoms with Gasteiger partial charge in [0.15, 0.2) is 0 Å². The zero-order chi connectivity index (χ0) is 16.6. The topological polar surface area (TPSA) is 84.6 Å². The van der Waals surface area contributed by atoms with Crippen molar-refractivity contribution in [2.24, 2.45) is 5.92 Å². The van der Waals surface area contributed by atoms with Gasteiger partial charge in [0.05, 0.1) is 18.3 Å². The lowest BCUT2D eigenvalue weighted by Gasteiger charge is -2.47. The van der Waals surface area contributed by atoms with E-state index >= 15 is 0 Å². The predicted octanol–water partition coefficient (Wildman–Crippen LogP) is 3.64. The van der Waals surface area contributed by atoms with E-state index in [-0.39, 0.29) is 11.9 Å². The molecule has 1 saturated heterocycles. The number of nitrogens with zero attached hydrogens (tertiary/aromatic N) is 2. The fraction of sp³-hybridized carbons (Fsp3) is 0.467. The first-order valence-corrected chi connectivity index (χ1v) is 9.71. The minimum atomic E-state index is -2.34. The minimum Gasteiger partial charge on any atom is -0.461 e. The summed E-state index contributed by atoms with van der Waals surface area (Å²) in [5.74, 6) is 0.793. The van der Waals surface area contributed by atoms with E-state index in [9.17, 15) is 13.9 Å². The first kappa shape index (κ1) is 16.6. The van der Waals surface area contributed by atoms with E-state index in [0.717, 1.165) is 17.3 Å². The van der Waals surface area contributed by atoms with Gasteiger partial charge in [0.25, 0.3) is 0 Å². The second-order valence-corrected chi connectivity index (χ2v) is 8.42. The number of esters is 1. The molecule has 8 heteroatoms. The monoisotopic (exact) mass is 358 g/mol. The third-order valence-corrected chi connectivity index (χ3v) is 6.22. The highest BCUT2D eigenvalue weighted by molar-refractivity contribution is 8.25. The molecule has 0 bridgehead atoms. The molecule has 0 saturated carbocycles. The van der Waals surface area contributed by atoms with Crippen LogP contribution in [0.1, 0.15) is 23.8 Å². The van der Waals surface area contributed by atoms with E-state index in [1.807, 2.05) is 4.57 Å². The van der Waals surface area contributed by atoms with Crippen LogP contribution in [-0.4, -0.2) is 42.7 Å². The second-order valence-electron chi connectivity index (χ2n) is 5.76. The van der Waals surface area contributed by atoms with Crippen LogP contribution in [0.15, 0.2) is 18.3 Å². The first-order chi connectivity index (χ1) is 10.9. The van der Waals surface area contributed by atoms with Crippen molar-refractivity contribution >= 4 is 39.1 Å². The number of aryl methyl sites for hydroxylation is 1. The van der Waals surface area contributed by atoms with Gasteiger partial charge < -0.3 is 9.30 Å². The van der Waals surface area contributed by atoms with Crippen molar-refractivity contribution in [3.63, 3.8) is 0 Å². The number of aromatic nitrogens is 2. The standard InChI is InChI=1S/C15H19ClN2O4S/c1-2-22-15(19)12-5-11-6-14(16)17-7-13(11)18(12)4-3-10-8-23(20,21)9-10/h5-7,10,20-21H,2-4,8-9H2,1H3. The van der Waals surface area contributed by atoms with Crippen LogP contribution in [0.4, 0.5) is 0 Å². The largest absolute Gasteiger partial charge is 0.461 e. The summed E-state index contributed by atoms with van der Waals surface area (Å²) in [6.45, 7) is 2.67. The summed E-state index contributed by atoms with van der Waals surface area (Å²) < 4.78 is 26.0. The Balaban J connectivity index is 1.86. The van der Waals surface area contributed by atoms with Gasteiger partial charge in [-0.2, -0.15) is 10.6 Å². The van der Waals surface area contributed by atoms with E-state index in [1.54, 1.807) is 25.3 Å². The van der Waals surface area contributed by atoms with Gasteiger partial charge in [-0.15, -0.1) is 0 Å². The number of carbonyl (C=O) groups is 1. The maximum Gasteiger partial charge on any atom is 0.354 e. The second kappa shape index (κ2) is 6.32. The molecule has 2 N–H and O–H groups in total. The van der Waals surface area contributed by atoms with Gasteiger partial charge in [-0.3, -0.25) is 9.11 Å². The summed E-state index contributed by atoms with van der Waals surface area (Å²) >= 11 is 5.92. The zero-order valence-corrected chi connectivity index (χ0v) is 14.3. The maximum atomic E-state index is 12.2. The molecule has 3 heterocycles. The van der Waals surface area contributed by atoms with Crippen LogP contribution in [0.2, 0.25) is 5.15 Å². The van der Waals surface area contributed by atoms with Crippen molar-refractivity contribution in [1.29, 1.82) is 0 Å². The molecule has 6 nitrogen and oxygen atoms in total. The van der Waals surface area contributed by atoms with Gasteiger partial charge >= 0.3 is 5.97 Å². The Bertz CT molecular complexity index is 738. The summed E-state index contributed by atoms with van der Waals surface area (Å²) in [5.41, 5.74) is 1.29. The maximum absolute atomic E-state index is 12.2. The van der Waals surface area contributed by atoms with Gasteiger partial charge in [0.1, 0.15) is 10.8 Å². The van der Waals surface area contributed by atoms with E-state index in [2.05, 4.69) is 4.98 Å². The number of hydrogen-bond donors (Lipinski definition) is 2. The Morgan fingerprint density at radius 3 is 2.87 bits per heavy atom. The SMILES string of the molecule is CCOC(=O)c1cc2cc(Cl)ncc2n1CCC1CS(O)(O)C1. The van der Waals surface area contributed by atoms with Crippen LogP contribution in [-0.2, 0) is 11.3 Å². The van der Waals surface area contributed by atoms with E-state index in [0.29, 0.717) is 35.5 Å². The molecule has 0 unspecified atom stereocenters. The Labute approximate surface area is 140 Å². The fourth-order valence-corrected chi connectivity index (χ4v) is 4.84. The molecule has 23 heavy (non-hydrogen) atoms. The molecule has 0 amide bonds. The summed E-state index contributed by atoms with van der Waals surface area (Å²) in [6, 6.07) is 3.48. The van der Waals surface area contributed by atoms with Gasteiger partial charge in [0, 0.05) is 23.4 Å².